The molecule has 0 aromatic heterocycles. The van der Waals surface area contributed by atoms with Crippen LogP contribution in [-0.2, 0) is 4.74 Å². The second-order valence-corrected chi connectivity index (χ2v) is 8.57. The number of amides is 1. The van der Waals surface area contributed by atoms with Crippen molar-refractivity contribution in [3.63, 3.8) is 0 Å². The Kier molecular flexibility index (Phi) is 8.36. The molecule has 174 valence electrons. The van der Waals surface area contributed by atoms with Gasteiger partial charge in [0.05, 0.1) is 13.2 Å². The number of carbonyl (C=O) groups is 1. The standard InChI is InChI=1S/C28H34N2O3/c1-20(2)30(21(3)4)28(31)33-27(23-14-10-7-11-15-23)26(22-12-8-6-9-13-22)29-24-16-18-25(32-5)19-17-24/h6-21,26-27,29H,1-5H3/t26-,27-/m1/s1. The fourth-order valence-electron chi connectivity index (χ4n) is 4.02. The van der Waals surface area contributed by atoms with E-state index in [2.05, 4.69) is 5.32 Å². The lowest BCUT2D eigenvalue weighted by Crippen LogP contribution is -2.43. The maximum absolute atomic E-state index is 13.3. The molecule has 0 aliphatic rings. The number of anilines is 1. The fourth-order valence-corrected chi connectivity index (χ4v) is 4.02. The summed E-state index contributed by atoms with van der Waals surface area (Å²) in [5.74, 6) is 0.785. The Labute approximate surface area is 197 Å². The number of ether oxygens (including phenoxy) is 2. The van der Waals surface area contributed by atoms with Crippen molar-refractivity contribution in [1.29, 1.82) is 0 Å². The summed E-state index contributed by atoms with van der Waals surface area (Å²) in [6, 6.07) is 27.5. The van der Waals surface area contributed by atoms with Gasteiger partial charge in [0.1, 0.15) is 5.75 Å². The third kappa shape index (κ3) is 6.28. The number of methoxy groups -OCH3 is 1. The van der Waals surface area contributed by atoms with Crippen LogP contribution in [0.1, 0.15) is 51.0 Å². The van der Waals surface area contributed by atoms with Crippen LogP contribution in [0.2, 0.25) is 0 Å². The van der Waals surface area contributed by atoms with Gasteiger partial charge in [-0.15, -0.1) is 0 Å². The topological polar surface area (TPSA) is 50.8 Å². The fraction of sp³-hybridized carbons (Fsp3) is 0.321. The molecule has 2 atom stereocenters. The van der Waals surface area contributed by atoms with Crippen LogP contribution in [0.15, 0.2) is 84.9 Å². The van der Waals surface area contributed by atoms with E-state index in [4.69, 9.17) is 9.47 Å². The second kappa shape index (κ2) is 11.4. The highest BCUT2D eigenvalue weighted by molar-refractivity contribution is 5.69. The summed E-state index contributed by atoms with van der Waals surface area (Å²) in [5.41, 5.74) is 2.86. The third-order valence-electron chi connectivity index (χ3n) is 5.55. The van der Waals surface area contributed by atoms with Crippen molar-refractivity contribution in [2.45, 2.75) is 51.9 Å². The number of hydrogen-bond donors (Lipinski definition) is 1. The molecule has 3 rings (SSSR count). The molecule has 0 bridgehead atoms. The molecule has 3 aromatic carbocycles. The van der Waals surface area contributed by atoms with Gasteiger partial charge in [-0.2, -0.15) is 0 Å². The van der Waals surface area contributed by atoms with Crippen LogP contribution < -0.4 is 10.1 Å². The lowest BCUT2D eigenvalue weighted by Gasteiger charge is -2.35. The van der Waals surface area contributed by atoms with E-state index in [1.807, 2.05) is 113 Å². The summed E-state index contributed by atoms with van der Waals surface area (Å²) >= 11 is 0. The molecule has 0 aliphatic heterocycles. The number of benzene rings is 3. The minimum atomic E-state index is -0.539. The minimum Gasteiger partial charge on any atom is -0.497 e. The van der Waals surface area contributed by atoms with Crippen LogP contribution >= 0.6 is 0 Å². The first-order chi connectivity index (χ1) is 15.9. The molecule has 0 radical (unpaired) electrons. The van der Waals surface area contributed by atoms with Crippen molar-refractivity contribution < 1.29 is 14.3 Å². The zero-order chi connectivity index (χ0) is 23.8. The molecule has 0 spiro atoms. The number of carbonyl (C=O) groups excluding carboxylic acids is 1. The SMILES string of the molecule is COc1ccc(N[C@H](c2ccccc2)[C@H](OC(=O)N(C(C)C)C(C)C)c2ccccc2)cc1. The highest BCUT2D eigenvalue weighted by Gasteiger charge is 2.32. The first kappa shape index (κ1) is 24.2. The van der Waals surface area contributed by atoms with E-state index in [-0.39, 0.29) is 24.2 Å². The smallest absolute Gasteiger partial charge is 0.410 e. The predicted molar refractivity (Wildman–Crippen MR) is 134 cm³/mol. The zero-order valence-corrected chi connectivity index (χ0v) is 20.1. The molecule has 0 unspecified atom stereocenters. The molecule has 1 amide bonds. The summed E-state index contributed by atoms with van der Waals surface area (Å²) in [7, 11) is 1.65. The number of nitrogens with zero attached hydrogens (tertiary/aromatic N) is 1. The van der Waals surface area contributed by atoms with E-state index < -0.39 is 6.10 Å². The molecular formula is C28H34N2O3. The number of nitrogens with one attached hydrogen (secondary N) is 1. The van der Waals surface area contributed by atoms with E-state index in [0.717, 1.165) is 22.6 Å². The average Bonchev–Trinajstić information content (AvgIpc) is 2.82. The molecule has 33 heavy (non-hydrogen) atoms. The maximum atomic E-state index is 13.3. The Bertz CT molecular complexity index is 981. The number of hydrogen-bond acceptors (Lipinski definition) is 4. The van der Waals surface area contributed by atoms with E-state index >= 15 is 0 Å². The Balaban J connectivity index is 2.02. The summed E-state index contributed by atoms with van der Waals surface area (Å²) in [5, 5.41) is 3.60. The molecule has 0 saturated carbocycles. The number of rotatable bonds is 9. The first-order valence-corrected chi connectivity index (χ1v) is 11.4. The van der Waals surface area contributed by atoms with Gasteiger partial charge in [-0.1, -0.05) is 60.7 Å². The van der Waals surface area contributed by atoms with E-state index in [9.17, 15) is 4.79 Å². The molecule has 3 aromatic rings. The quantitative estimate of drug-likeness (QED) is 0.391. The van der Waals surface area contributed by atoms with E-state index in [1.165, 1.54) is 0 Å². The van der Waals surface area contributed by atoms with Gasteiger partial charge in [0.25, 0.3) is 0 Å². The van der Waals surface area contributed by atoms with Crippen molar-refractivity contribution in [3.05, 3.63) is 96.1 Å². The van der Waals surface area contributed by atoms with Gasteiger partial charge < -0.3 is 19.7 Å². The second-order valence-electron chi connectivity index (χ2n) is 8.57. The van der Waals surface area contributed by atoms with Crippen molar-refractivity contribution >= 4 is 11.8 Å². The largest absolute Gasteiger partial charge is 0.497 e. The predicted octanol–water partition coefficient (Wildman–Crippen LogP) is 6.85. The average molecular weight is 447 g/mol. The van der Waals surface area contributed by atoms with Gasteiger partial charge in [0, 0.05) is 17.8 Å². The van der Waals surface area contributed by atoms with Crippen LogP contribution in [0.5, 0.6) is 5.75 Å². The van der Waals surface area contributed by atoms with Crippen LogP contribution in [0.4, 0.5) is 10.5 Å². The van der Waals surface area contributed by atoms with Gasteiger partial charge in [-0.3, -0.25) is 0 Å². The van der Waals surface area contributed by atoms with Crippen LogP contribution in [0.25, 0.3) is 0 Å². The van der Waals surface area contributed by atoms with Crippen molar-refractivity contribution in [2.75, 3.05) is 12.4 Å². The highest BCUT2D eigenvalue weighted by atomic mass is 16.6. The van der Waals surface area contributed by atoms with Crippen molar-refractivity contribution in [3.8, 4) is 5.75 Å². The molecule has 0 heterocycles. The highest BCUT2D eigenvalue weighted by Crippen LogP contribution is 2.36. The van der Waals surface area contributed by atoms with E-state index in [0.29, 0.717) is 0 Å². The first-order valence-electron chi connectivity index (χ1n) is 11.4. The molecular weight excluding hydrogens is 412 g/mol. The molecule has 1 N–H and O–H groups in total. The molecule has 0 aliphatic carbocycles. The van der Waals surface area contributed by atoms with Gasteiger partial charge in [-0.05, 0) is 63.1 Å². The monoisotopic (exact) mass is 446 g/mol. The van der Waals surface area contributed by atoms with Crippen molar-refractivity contribution in [2.24, 2.45) is 0 Å². The summed E-state index contributed by atoms with van der Waals surface area (Å²) in [4.78, 5) is 15.1. The van der Waals surface area contributed by atoms with Crippen LogP contribution in [0, 0.1) is 0 Å². The van der Waals surface area contributed by atoms with Gasteiger partial charge in [0.2, 0.25) is 0 Å². The van der Waals surface area contributed by atoms with Crippen LogP contribution in [0.3, 0.4) is 0 Å². The van der Waals surface area contributed by atoms with E-state index in [1.54, 1.807) is 12.0 Å². The lowest BCUT2D eigenvalue weighted by atomic mass is 9.95. The van der Waals surface area contributed by atoms with Gasteiger partial charge in [0.15, 0.2) is 6.10 Å². The van der Waals surface area contributed by atoms with Gasteiger partial charge >= 0.3 is 6.09 Å². The lowest BCUT2D eigenvalue weighted by molar-refractivity contribution is 0.0371. The molecule has 0 saturated heterocycles. The molecule has 5 heteroatoms. The Morgan fingerprint density at radius 1 is 0.758 bits per heavy atom. The third-order valence-corrected chi connectivity index (χ3v) is 5.55. The summed E-state index contributed by atoms with van der Waals surface area (Å²) in [6.07, 6.45) is -0.866. The maximum Gasteiger partial charge on any atom is 0.410 e. The Morgan fingerprint density at radius 2 is 1.27 bits per heavy atom. The molecule has 0 fully saturated rings. The molecule has 5 nitrogen and oxygen atoms in total. The Hall–Kier alpha value is -3.47. The summed E-state index contributed by atoms with van der Waals surface area (Å²) < 4.78 is 11.6. The van der Waals surface area contributed by atoms with Gasteiger partial charge in [-0.25, -0.2) is 4.79 Å². The van der Waals surface area contributed by atoms with Crippen LogP contribution in [-0.4, -0.2) is 30.2 Å². The Morgan fingerprint density at radius 3 is 1.76 bits per heavy atom. The van der Waals surface area contributed by atoms with Crippen molar-refractivity contribution in [1.82, 2.24) is 4.90 Å². The normalized spacial score (nSPS) is 12.8. The zero-order valence-electron chi connectivity index (χ0n) is 20.1. The minimum absolute atomic E-state index is 0.0265. The summed E-state index contributed by atoms with van der Waals surface area (Å²) in [6.45, 7) is 8.01.